The number of nitrogens with zero attached hydrogens (tertiary/aromatic N) is 2. The van der Waals surface area contributed by atoms with Gasteiger partial charge in [0.2, 0.25) is 0 Å². The maximum atomic E-state index is 12.8. The van der Waals surface area contributed by atoms with Crippen LogP contribution in [-0.4, -0.2) is 18.6 Å². The van der Waals surface area contributed by atoms with Crippen LogP contribution in [0.15, 0.2) is 51.9 Å². The van der Waals surface area contributed by atoms with E-state index in [-0.39, 0.29) is 4.90 Å². The van der Waals surface area contributed by atoms with E-state index in [2.05, 4.69) is 14.9 Å². The van der Waals surface area contributed by atoms with E-state index in [1.165, 1.54) is 0 Å². The van der Waals surface area contributed by atoms with Gasteiger partial charge >= 0.3 is 0 Å². The summed E-state index contributed by atoms with van der Waals surface area (Å²) in [6, 6.07) is 12.2. The third-order valence-corrected chi connectivity index (χ3v) is 6.64. The molecular weight excluding hydrogens is 376 g/mol. The molecule has 0 bridgehead atoms. The molecule has 1 fully saturated rings. The first-order valence-electron chi connectivity index (χ1n) is 9.10. The Morgan fingerprint density at radius 1 is 1.14 bits per heavy atom. The number of aryl methyl sites for hydroxylation is 2. The van der Waals surface area contributed by atoms with Gasteiger partial charge in [0.05, 0.1) is 10.4 Å². The van der Waals surface area contributed by atoms with Gasteiger partial charge in [0, 0.05) is 11.3 Å². The average Bonchev–Trinajstić information content (AvgIpc) is 3.12. The first-order valence-corrected chi connectivity index (χ1v) is 10.6. The monoisotopic (exact) mass is 398 g/mol. The Balaban J connectivity index is 1.62. The molecule has 0 spiro atoms. The number of hydrogen-bond acceptors (Lipinski definition) is 6. The molecule has 28 heavy (non-hydrogen) atoms. The molecule has 0 amide bonds. The van der Waals surface area contributed by atoms with Crippen LogP contribution in [0, 0.1) is 13.8 Å². The smallest absolute Gasteiger partial charge is 0.262 e. The van der Waals surface area contributed by atoms with Gasteiger partial charge in [-0.25, -0.2) is 8.42 Å². The van der Waals surface area contributed by atoms with E-state index < -0.39 is 15.6 Å². The molecule has 3 N–H and O–H groups in total. The summed E-state index contributed by atoms with van der Waals surface area (Å²) in [6.45, 7) is 3.63. The minimum atomic E-state index is -3.71. The molecule has 1 aliphatic rings. The Morgan fingerprint density at radius 2 is 1.93 bits per heavy atom. The van der Waals surface area contributed by atoms with Crippen molar-refractivity contribution < 1.29 is 12.9 Å². The minimum absolute atomic E-state index is 0.257. The van der Waals surface area contributed by atoms with Crippen molar-refractivity contribution in [1.29, 1.82) is 0 Å². The van der Waals surface area contributed by atoms with Gasteiger partial charge in [0.15, 0.2) is 5.82 Å². The molecule has 0 aliphatic heterocycles. The summed E-state index contributed by atoms with van der Waals surface area (Å²) in [5.74, 6) is 0.814. The molecule has 1 saturated carbocycles. The van der Waals surface area contributed by atoms with Gasteiger partial charge in [0.1, 0.15) is 0 Å². The SMILES string of the molecule is Cc1ccc(C)c(S(=O)(=O)Nc2cccc(-c3nc(C4(N)CCC4)no3)c2)c1. The zero-order chi connectivity index (χ0) is 19.9. The molecule has 1 aromatic heterocycles. The number of hydrogen-bond donors (Lipinski definition) is 2. The molecule has 146 valence electrons. The lowest BCUT2D eigenvalue weighted by molar-refractivity contribution is 0.229. The van der Waals surface area contributed by atoms with Crippen LogP contribution in [0.5, 0.6) is 0 Å². The van der Waals surface area contributed by atoms with Crippen LogP contribution in [0.4, 0.5) is 5.69 Å². The normalized spacial score (nSPS) is 15.8. The highest BCUT2D eigenvalue weighted by atomic mass is 32.2. The summed E-state index contributed by atoms with van der Waals surface area (Å²) in [5, 5.41) is 4.01. The highest BCUT2D eigenvalue weighted by Crippen LogP contribution is 2.37. The van der Waals surface area contributed by atoms with Crippen LogP contribution in [0.1, 0.15) is 36.2 Å². The van der Waals surface area contributed by atoms with Gasteiger partial charge in [-0.2, -0.15) is 4.98 Å². The van der Waals surface area contributed by atoms with Crippen LogP contribution < -0.4 is 10.5 Å². The maximum Gasteiger partial charge on any atom is 0.262 e. The second-order valence-electron chi connectivity index (χ2n) is 7.39. The number of nitrogens with two attached hydrogens (primary N) is 1. The Bertz CT molecular complexity index is 1130. The van der Waals surface area contributed by atoms with Gasteiger partial charge in [-0.15, -0.1) is 0 Å². The number of benzene rings is 2. The fourth-order valence-corrected chi connectivity index (χ4v) is 4.63. The van der Waals surface area contributed by atoms with Crippen LogP contribution >= 0.6 is 0 Å². The first-order chi connectivity index (χ1) is 13.3. The van der Waals surface area contributed by atoms with Gasteiger partial charge in [0.25, 0.3) is 15.9 Å². The van der Waals surface area contributed by atoms with Gasteiger partial charge < -0.3 is 10.3 Å². The molecule has 3 aromatic rings. The lowest BCUT2D eigenvalue weighted by atomic mass is 9.77. The van der Waals surface area contributed by atoms with Crippen LogP contribution in [0.25, 0.3) is 11.5 Å². The fraction of sp³-hybridized carbons (Fsp3) is 0.300. The summed E-state index contributed by atoms with van der Waals surface area (Å²) in [5.41, 5.74) is 8.34. The summed E-state index contributed by atoms with van der Waals surface area (Å²) < 4.78 is 33.6. The van der Waals surface area contributed by atoms with Gasteiger partial charge in [-0.1, -0.05) is 23.4 Å². The van der Waals surface area contributed by atoms with Crippen molar-refractivity contribution in [1.82, 2.24) is 10.1 Å². The summed E-state index contributed by atoms with van der Waals surface area (Å²) in [4.78, 5) is 4.67. The third-order valence-electron chi connectivity index (χ3n) is 5.11. The van der Waals surface area contributed by atoms with Crippen LogP contribution in [-0.2, 0) is 15.6 Å². The van der Waals surface area contributed by atoms with Gasteiger partial charge in [-0.3, -0.25) is 4.72 Å². The van der Waals surface area contributed by atoms with E-state index in [1.807, 2.05) is 13.0 Å². The average molecular weight is 398 g/mol. The minimum Gasteiger partial charge on any atom is -0.334 e. The number of nitrogens with one attached hydrogen (secondary N) is 1. The Hall–Kier alpha value is -2.71. The van der Waals surface area contributed by atoms with Crippen LogP contribution in [0.2, 0.25) is 0 Å². The molecule has 1 heterocycles. The second kappa shape index (κ2) is 6.72. The zero-order valence-electron chi connectivity index (χ0n) is 15.8. The summed E-state index contributed by atoms with van der Waals surface area (Å²) in [7, 11) is -3.71. The van der Waals surface area contributed by atoms with E-state index in [0.29, 0.717) is 28.5 Å². The molecule has 0 atom stereocenters. The van der Waals surface area contributed by atoms with E-state index in [0.717, 1.165) is 24.8 Å². The standard InChI is InChI=1S/C20H22N4O3S/c1-13-7-8-14(2)17(11-13)28(25,26)24-16-6-3-5-15(12-16)18-22-19(23-27-18)20(21)9-4-10-20/h3,5-8,11-12,24H,4,9-10,21H2,1-2H3. The number of anilines is 1. The summed E-state index contributed by atoms with van der Waals surface area (Å²) >= 11 is 0. The molecule has 2 aromatic carbocycles. The van der Waals surface area contributed by atoms with E-state index in [4.69, 9.17) is 10.3 Å². The topological polar surface area (TPSA) is 111 Å². The quantitative estimate of drug-likeness (QED) is 0.680. The van der Waals surface area contributed by atoms with Crippen molar-refractivity contribution in [2.45, 2.75) is 43.5 Å². The molecule has 0 unspecified atom stereocenters. The van der Waals surface area contributed by atoms with Crippen molar-refractivity contribution in [2.24, 2.45) is 5.73 Å². The number of aromatic nitrogens is 2. The third kappa shape index (κ3) is 3.41. The van der Waals surface area contributed by atoms with Crippen molar-refractivity contribution in [3.63, 3.8) is 0 Å². The number of rotatable bonds is 5. The molecule has 8 heteroatoms. The van der Waals surface area contributed by atoms with E-state index in [1.54, 1.807) is 43.3 Å². The highest BCUT2D eigenvalue weighted by molar-refractivity contribution is 7.92. The van der Waals surface area contributed by atoms with Crippen molar-refractivity contribution in [3.8, 4) is 11.5 Å². The molecule has 0 radical (unpaired) electrons. The predicted octanol–water partition coefficient (Wildman–Crippen LogP) is 3.49. The Labute approximate surface area is 164 Å². The lowest BCUT2D eigenvalue weighted by Crippen LogP contribution is -2.44. The molecule has 7 nitrogen and oxygen atoms in total. The lowest BCUT2D eigenvalue weighted by Gasteiger charge is -2.34. The number of sulfonamides is 1. The largest absolute Gasteiger partial charge is 0.334 e. The summed E-state index contributed by atoms with van der Waals surface area (Å²) in [6.07, 6.45) is 2.72. The Morgan fingerprint density at radius 3 is 2.64 bits per heavy atom. The van der Waals surface area contributed by atoms with Crippen molar-refractivity contribution in [3.05, 3.63) is 59.4 Å². The highest BCUT2D eigenvalue weighted by Gasteiger charge is 2.39. The van der Waals surface area contributed by atoms with Crippen LogP contribution in [0.3, 0.4) is 0 Å². The van der Waals surface area contributed by atoms with E-state index in [9.17, 15) is 8.42 Å². The second-order valence-corrected chi connectivity index (χ2v) is 9.04. The fourth-order valence-electron chi connectivity index (χ4n) is 3.25. The predicted molar refractivity (Wildman–Crippen MR) is 106 cm³/mol. The van der Waals surface area contributed by atoms with Crippen molar-refractivity contribution in [2.75, 3.05) is 4.72 Å². The van der Waals surface area contributed by atoms with Gasteiger partial charge in [-0.05, 0) is 68.5 Å². The molecular formula is C20H22N4O3S. The van der Waals surface area contributed by atoms with E-state index >= 15 is 0 Å². The zero-order valence-corrected chi connectivity index (χ0v) is 16.6. The molecule has 1 aliphatic carbocycles. The molecule has 4 rings (SSSR count). The Kier molecular flexibility index (Phi) is 4.47. The van der Waals surface area contributed by atoms with Crippen molar-refractivity contribution >= 4 is 15.7 Å². The first kappa shape index (κ1) is 18.6. The molecule has 0 saturated heterocycles. The maximum absolute atomic E-state index is 12.8.